The molecule has 0 atom stereocenters. The molecule has 1 aromatic carbocycles. The van der Waals surface area contributed by atoms with Crippen molar-refractivity contribution in [1.82, 2.24) is 5.32 Å². The van der Waals surface area contributed by atoms with E-state index in [9.17, 15) is 13.2 Å². The number of carbonyl (C=O) groups is 1. The van der Waals surface area contributed by atoms with Gasteiger partial charge in [0, 0.05) is 6.92 Å². The summed E-state index contributed by atoms with van der Waals surface area (Å²) >= 11 is 0. The van der Waals surface area contributed by atoms with E-state index >= 15 is 0 Å². The van der Waals surface area contributed by atoms with E-state index in [0.29, 0.717) is 25.3 Å². The molecule has 0 radical (unpaired) electrons. The predicted molar refractivity (Wildman–Crippen MR) is 71.4 cm³/mol. The fourth-order valence-electron chi connectivity index (χ4n) is 1.54. The van der Waals surface area contributed by atoms with Crippen molar-refractivity contribution in [3.63, 3.8) is 0 Å². The van der Waals surface area contributed by atoms with Crippen LogP contribution in [0.3, 0.4) is 0 Å². The Balaban J connectivity index is 2.77. The SMILES string of the molecule is CCc1cc(S(N)(=O)=O)ccc1OCCNC(C)=O. The van der Waals surface area contributed by atoms with Crippen molar-refractivity contribution < 1.29 is 17.9 Å². The zero-order valence-corrected chi connectivity index (χ0v) is 11.8. The molecule has 1 aromatic rings. The maximum atomic E-state index is 11.2. The van der Waals surface area contributed by atoms with Crippen LogP contribution in [-0.2, 0) is 21.2 Å². The minimum absolute atomic E-state index is 0.0681. The van der Waals surface area contributed by atoms with E-state index < -0.39 is 10.0 Å². The van der Waals surface area contributed by atoms with E-state index in [4.69, 9.17) is 9.88 Å². The van der Waals surface area contributed by atoms with Crippen LogP contribution >= 0.6 is 0 Å². The Morgan fingerprint density at radius 3 is 2.63 bits per heavy atom. The number of ether oxygens (including phenoxy) is 1. The first-order valence-electron chi connectivity index (χ1n) is 5.87. The lowest BCUT2D eigenvalue weighted by molar-refractivity contribution is -0.119. The molecule has 0 fully saturated rings. The molecule has 0 spiro atoms. The molecule has 106 valence electrons. The first-order valence-corrected chi connectivity index (χ1v) is 7.42. The highest BCUT2D eigenvalue weighted by Crippen LogP contribution is 2.22. The minimum atomic E-state index is -3.70. The summed E-state index contributed by atoms with van der Waals surface area (Å²) in [4.78, 5) is 10.8. The highest BCUT2D eigenvalue weighted by molar-refractivity contribution is 7.89. The van der Waals surface area contributed by atoms with Crippen LogP contribution in [0.25, 0.3) is 0 Å². The maximum absolute atomic E-state index is 11.2. The van der Waals surface area contributed by atoms with Gasteiger partial charge in [0.15, 0.2) is 0 Å². The third-order valence-electron chi connectivity index (χ3n) is 2.47. The molecule has 0 unspecified atom stereocenters. The van der Waals surface area contributed by atoms with Crippen LogP contribution in [0.2, 0.25) is 0 Å². The number of nitrogens with two attached hydrogens (primary N) is 1. The molecule has 19 heavy (non-hydrogen) atoms. The molecule has 3 N–H and O–H groups in total. The summed E-state index contributed by atoms with van der Waals surface area (Å²) < 4.78 is 28.0. The summed E-state index contributed by atoms with van der Waals surface area (Å²) in [6.07, 6.45) is 0.624. The quantitative estimate of drug-likeness (QED) is 0.740. The van der Waals surface area contributed by atoms with Crippen molar-refractivity contribution in [2.24, 2.45) is 5.14 Å². The number of rotatable bonds is 6. The fourth-order valence-corrected chi connectivity index (χ4v) is 2.10. The van der Waals surface area contributed by atoms with Gasteiger partial charge >= 0.3 is 0 Å². The predicted octanol–water partition coefficient (Wildman–Crippen LogP) is 0.411. The van der Waals surface area contributed by atoms with E-state index in [2.05, 4.69) is 5.32 Å². The number of carbonyl (C=O) groups excluding carboxylic acids is 1. The van der Waals surface area contributed by atoms with Crippen molar-refractivity contribution in [3.05, 3.63) is 23.8 Å². The largest absolute Gasteiger partial charge is 0.491 e. The molecular weight excluding hydrogens is 268 g/mol. The fraction of sp³-hybridized carbons (Fsp3) is 0.417. The van der Waals surface area contributed by atoms with E-state index in [1.165, 1.54) is 19.1 Å². The van der Waals surface area contributed by atoms with Gasteiger partial charge in [-0.1, -0.05) is 6.92 Å². The number of amides is 1. The first-order chi connectivity index (χ1) is 8.84. The van der Waals surface area contributed by atoms with Crippen LogP contribution in [0.1, 0.15) is 19.4 Å². The molecular formula is C12H18N2O4S. The number of aryl methyl sites for hydroxylation is 1. The van der Waals surface area contributed by atoms with Crippen molar-refractivity contribution in [2.45, 2.75) is 25.2 Å². The second kappa shape index (κ2) is 6.53. The molecule has 0 saturated carbocycles. The van der Waals surface area contributed by atoms with Gasteiger partial charge in [0.2, 0.25) is 15.9 Å². The zero-order chi connectivity index (χ0) is 14.5. The molecule has 0 aliphatic rings. The Morgan fingerprint density at radius 1 is 1.42 bits per heavy atom. The number of hydrogen-bond donors (Lipinski definition) is 2. The summed E-state index contributed by atoms with van der Waals surface area (Å²) in [6.45, 7) is 4.04. The molecule has 6 nitrogen and oxygen atoms in total. The van der Waals surface area contributed by atoms with Gasteiger partial charge in [0.05, 0.1) is 11.4 Å². The van der Waals surface area contributed by atoms with Crippen LogP contribution in [0.15, 0.2) is 23.1 Å². The number of primary sulfonamides is 1. The van der Waals surface area contributed by atoms with Gasteiger partial charge in [-0.2, -0.15) is 0 Å². The van der Waals surface area contributed by atoms with E-state index in [1.54, 1.807) is 6.07 Å². The van der Waals surface area contributed by atoms with Crippen molar-refractivity contribution in [2.75, 3.05) is 13.2 Å². The Kier molecular flexibility index (Phi) is 5.31. The topological polar surface area (TPSA) is 98.5 Å². The van der Waals surface area contributed by atoms with Crippen molar-refractivity contribution in [3.8, 4) is 5.75 Å². The third-order valence-corrected chi connectivity index (χ3v) is 3.39. The molecule has 1 amide bonds. The van der Waals surface area contributed by atoms with Gasteiger partial charge in [-0.25, -0.2) is 13.6 Å². The highest BCUT2D eigenvalue weighted by atomic mass is 32.2. The Bertz CT molecular complexity index is 555. The van der Waals surface area contributed by atoms with E-state index in [1.807, 2.05) is 6.92 Å². The Labute approximate surface area is 113 Å². The summed E-state index contributed by atoms with van der Waals surface area (Å²) in [5.41, 5.74) is 0.759. The molecule has 1 rings (SSSR count). The van der Waals surface area contributed by atoms with Gasteiger partial charge in [-0.3, -0.25) is 4.79 Å². The summed E-state index contributed by atoms with van der Waals surface area (Å²) in [6, 6.07) is 4.48. The molecule has 0 aliphatic heterocycles. The average molecular weight is 286 g/mol. The molecule has 0 aliphatic carbocycles. The zero-order valence-electron chi connectivity index (χ0n) is 11.0. The Morgan fingerprint density at radius 2 is 2.11 bits per heavy atom. The molecule has 0 bridgehead atoms. The first kappa shape index (κ1) is 15.5. The smallest absolute Gasteiger partial charge is 0.238 e. The van der Waals surface area contributed by atoms with Crippen LogP contribution < -0.4 is 15.2 Å². The van der Waals surface area contributed by atoms with Crippen LogP contribution in [-0.4, -0.2) is 27.5 Å². The number of nitrogens with one attached hydrogen (secondary N) is 1. The number of sulfonamides is 1. The van der Waals surface area contributed by atoms with Crippen LogP contribution in [0.5, 0.6) is 5.75 Å². The highest BCUT2D eigenvalue weighted by Gasteiger charge is 2.11. The Hall–Kier alpha value is -1.60. The number of benzene rings is 1. The monoisotopic (exact) mass is 286 g/mol. The van der Waals surface area contributed by atoms with Gasteiger partial charge < -0.3 is 10.1 Å². The average Bonchev–Trinajstić information content (AvgIpc) is 2.33. The van der Waals surface area contributed by atoms with Crippen molar-refractivity contribution in [1.29, 1.82) is 0 Å². The van der Waals surface area contributed by atoms with Gasteiger partial charge in [0.25, 0.3) is 0 Å². The normalized spacial score (nSPS) is 11.1. The lowest BCUT2D eigenvalue weighted by Gasteiger charge is -2.11. The lowest BCUT2D eigenvalue weighted by atomic mass is 10.1. The maximum Gasteiger partial charge on any atom is 0.238 e. The van der Waals surface area contributed by atoms with Gasteiger partial charge in [0.1, 0.15) is 12.4 Å². The standard InChI is InChI=1S/C12H18N2O4S/c1-3-10-8-11(19(13,16)17)4-5-12(10)18-7-6-14-9(2)15/h4-5,8H,3,6-7H2,1-2H3,(H,14,15)(H2,13,16,17). The van der Waals surface area contributed by atoms with E-state index in [0.717, 1.165) is 5.56 Å². The van der Waals surface area contributed by atoms with E-state index in [-0.39, 0.29) is 10.8 Å². The van der Waals surface area contributed by atoms with Crippen molar-refractivity contribution >= 4 is 15.9 Å². The van der Waals surface area contributed by atoms with Crippen LogP contribution in [0.4, 0.5) is 0 Å². The molecule has 0 saturated heterocycles. The summed E-state index contributed by atoms with van der Waals surface area (Å²) in [5, 5.41) is 7.68. The second-order valence-electron chi connectivity index (χ2n) is 4.00. The lowest BCUT2D eigenvalue weighted by Crippen LogP contribution is -2.25. The molecule has 0 heterocycles. The second-order valence-corrected chi connectivity index (χ2v) is 5.56. The summed E-state index contributed by atoms with van der Waals surface area (Å²) in [7, 11) is -3.70. The molecule has 7 heteroatoms. The minimum Gasteiger partial charge on any atom is -0.491 e. The van der Waals surface area contributed by atoms with Gasteiger partial charge in [-0.15, -0.1) is 0 Å². The third kappa shape index (κ3) is 4.88. The summed E-state index contributed by atoms with van der Waals surface area (Å²) in [5.74, 6) is 0.476. The van der Waals surface area contributed by atoms with Gasteiger partial charge in [-0.05, 0) is 30.2 Å². The number of hydrogen-bond acceptors (Lipinski definition) is 4. The van der Waals surface area contributed by atoms with Crippen LogP contribution in [0, 0.1) is 0 Å². The molecule has 0 aromatic heterocycles.